The Morgan fingerprint density at radius 1 is 1.33 bits per heavy atom. The standard InChI is InChI=1S/C16H22N4O/c1-4-20(11-14-8-6-5-7-13(14)10-17)16(21)15-9-12(2)18-19(15)3/h5-9H,4,10-11,17H2,1-3H3. The van der Waals surface area contributed by atoms with E-state index in [-0.39, 0.29) is 5.91 Å². The van der Waals surface area contributed by atoms with Crippen molar-refractivity contribution in [2.45, 2.75) is 26.9 Å². The fraction of sp³-hybridized carbons (Fsp3) is 0.375. The zero-order valence-electron chi connectivity index (χ0n) is 12.8. The maximum Gasteiger partial charge on any atom is 0.272 e. The van der Waals surface area contributed by atoms with Gasteiger partial charge in [0.2, 0.25) is 0 Å². The third-order valence-electron chi connectivity index (χ3n) is 3.59. The first-order valence-corrected chi connectivity index (χ1v) is 7.13. The Bertz CT molecular complexity index is 633. The van der Waals surface area contributed by atoms with Crippen LogP contribution in [0.2, 0.25) is 0 Å². The van der Waals surface area contributed by atoms with E-state index < -0.39 is 0 Å². The van der Waals surface area contributed by atoms with Crippen LogP contribution in [0.25, 0.3) is 0 Å². The monoisotopic (exact) mass is 286 g/mol. The van der Waals surface area contributed by atoms with Gasteiger partial charge in [-0.15, -0.1) is 0 Å². The van der Waals surface area contributed by atoms with E-state index in [0.29, 0.717) is 25.3 Å². The minimum atomic E-state index is -0.00701. The molecule has 1 aromatic heterocycles. The van der Waals surface area contributed by atoms with E-state index >= 15 is 0 Å². The SMILES string of the molecule is CCN(Cc1ccccc1CN)C(=O)c1cc(C)nn1C. The Morgan fingerprint density at radius 2 is 2.00 bits per heavy atom. The van der Waals surface area contributed by atoms with Gasteiger partial charge in [0.15, 0.2) is 0 Å². The van der Waals surface area contributed by atoms with Crippen molar-refractivity contribution < 1.29 is 4.79 Å². The second-order valence-corrected chi connectivity index (χ2v) is 5.09. The molecule has 112 valence electrons. The molecule has 0 spiro atoms. The largest absolute Gasteiger partial charge is 0.333 e. The molecule has 21 heavy (non-hydrogen) atoms. The summed E-state index contributed by atoms with van der Waals surface area (Å²) in [7, 11) is 1.79. The molecule has 0 saturated heterocycles. The number of aromatic nitrogens is 2. The van der Waals surface area contributed by atoms with Crippen molar-refractivity contribution in [2.24, 2.45) is 12.8 Å². The van der Waals surface area contributed by atoms with Crippen molar-refractivity contribution in [3.05, 3.63) is 52.8 Å². The smallest absolute Gasteiger partial charge is 0.272 e. The van der Waals surface area contributed by atoms with Gasteiger partial charge >= 0.3 is 0 Å². The molecule has 1 amide bonds. The van der Waals surface area contributed by atoms with Crippen molar-refractivity contribution in [1.29, 1.82) is 0 Å². The summed E-state index contributed by atoms with van der Waals surface area (Å²) in [6.45, 7) is 5.55. The van der Waals surface area contributed by atoms with E-state index in [9.17, 15) is 4.79 Å². The molecule has 0 bridgehead atoms. The number of carbonyl (C=O) groups excluding carboxylic acids is 1. The normalized spacial score (nSPS) is 10.7. The van der Waals surface area contributed by atoms with E-state index in [2.05, 4.69) is 5.10 Å². The van der Waals surface area contributed by atoms with Gasteiger partial charge in [-0.25, -0.2) is 0 Å². The zero-order valence-corrected chi connectivity index (χ0v) is 12.8. The number of carbonyl (C=O) groups is 1. The molecular weight excluding hydrogens is 264 g/mol. The average molecular weight is 286 g/mol. The first-order valence-electron chi connectivity index (χ1n) is 7.13. The van der Waals surface area contributed by atoms with E-state index in [1.165, 1.54) is 0 Å². The molecular formula is C16H22N4O. The third kappa shape index (κ3) is 3.31. The van der Waals surface area contributed by atoms with Crippen molar-refractivity contribution in [3.8, 4) is 0 Å². The minimum absolute atomic E-state index is 0.00701. The molecule has 2 aromatic rings. The van der Waals surface area contributed by atoms with Crippen molar-refractivity contribution in [3.63, 3.8) is 0 Å². The minimum Gasteiger partial charge on any atom is -0.333 e. The van der Waals surface area contributed by atoms with Gasteiger partial charge in [-0.05, 0) is 31.0 Å². The Labute approximate surface area is 125 Å². The predicted octanol–water partition coefficient (Wildman–Crippen LogP) is 1.85. The van der Waals surface area contributed by atoms with Crippen LogP contribution < -0.4 is 5.73 Å². The summed E-state index contributed by atoms with van der Waals surface area (Å²) in [5.41, 5.74) is 9.39. The molecule has 0 aliphatic heterocycles. The molecule has 0 saturated carbocycles. The summed E-state index contributed by atoms with van der Waals surface area (Å²) in [5.74, 6) is -0.00701. The van der Waals surface area contributed by atoms with E-state index in [1.807, 2.05) is 49.1 Å². The Kier molecular flexibility index (Phi) is 4.75. The van der Waals surface area contributed by atoms with Gasteiger partial charge < -0.3 is 10.6 Å². The highest BCUT2D eigenvalue weighted by Crippen LogP contribution is 2.14. The second-order valence-electron chi connectivity index (χ2n) is 5.09. The lowest BCUT2D eigenvalue weighted by Gasteiger charge is -2.22. The fourth-order valence-corrected chi connectivity index (χ4v) is 2.42. The van der Waals surface area contributed by atoms with Crippen LogP contribution in [-0.2, 0) is 20.1 Å². The van der Waals surface area contributed by atoms with Gasteiger partial charge in [0.1, 0.15) is 5.69 Å². The molecule has 0 aliphatic rings. The lowest BCUT2D eigenvalue weighted by molar-refractivity contribution is 0.0741. The van der Waals surface area contributed by atoms with Crippen LogP contribution in [0.5, 0.6) is 0 Å². The maximum atomic E-state index is 12.6. The predicted molar refractivity (Wildman–Crippen MR) is 82.7 cm³/mol. The summed E-state index contributed by atoms with van der Waals surface area (Å²) in [4.78, 5) is 14.5. The average Bonchev–Trinajstić information content (AvgIpc) is 2.83. The number of nitrogens with two attached hydrogens (primary N) is 1. The van der Waals surface area contributed by atoms with Crippen LogP contribution in [0.4, 0.5) is 0 Å². The highest BCUT2D eigenvalue weighted by atomic mass is 16.2. The van der Waals surface area contributed by atoms with Crippen LogP contribution in [0.1, 0.15) is 34.2 Å². The summed E-state index contributed by atoms with van der Waals surface area (Å²) in [5, 5.41) is 4.24. The van der Waals surface area contributed by atoms with Gasteiger partial charge in [0.05, 0.1) is 5.69 Å². The molecule has 0 aliphatic carbocycles. The van der Waals surface area contributed by atoms with Gasteiger partial charge in [-0.1, -0.05) is 24.3 Å². The summed E-state index contributed by atoms with van der Waals surface area (Å²) < 4.78 is 1.63. The molecule has 5 heteroatoms. The van der Waals surface area contributed by atoms with Crippen LogP contribution in [0, 0.1) is 6.92 Å². The van der Waals surface area contributed by atoms with E-state index in [0.717, 1.165) is 16.8 Å². The lowest BCUT2D eigenvalue weighted by atomic mass is 10.1. The van der Waals surface area contributed by atoms with Crippen molar-refractivity contribution in [2.75, 3.05) is 6.54 Å². The molecule has 0 fully saturated rings. The summed E-state index contributed by atoms with van der Waals surface area (Å²) in [6, 6.07) is 9.78. The number of hydrogen-bond donors (Lipinski definition) is 1. The molecule has 0 atom stereocenters. The lowest BCUT2D eigenvalue weighted by Crippen LogP contribution is -2.32. The Hall–Kier alpha value is -2.14. The van der Waals surface area contributed by atoms with Crippen LogP contribution >= 0.6 is 0 Å². The molecule has 2 rings (SSSR count). The van der Waals surface area contributed by atoms with E-state index in [4.69, 9.17) is 5.73 Å². The van der Waals surface area contributed by atoms with E-state index in [1.54, 1.807) is 11.7 Å². The number of aryl methyl sites for hydroxylation is 2. The Morgan fingerprint density at radius 3 is 2.52 bits per heavy atom. The zero-order chi connectivity index (χ0) is 15.4. The van der Waals surface area contributed by atoms with Gasteiger partial charge in [0.25, 0.3) is 5.91 Å². The van der Waals surface area contributed by atoms with Crippen LogP contribution in [-0.4, -0.2) is 27.1 Å². The molecule has 5 nitrogen and oxygen atoms in total. The molecule has 0 radical (unpaired) electrons. The van der Waals surface area contributed by atoms with Gasteiger partial charge in [0, 0.05) is 26.7 Å². The first kappa shape index (κ1) is 15.3. The third-order valence-corrected chi connectivity index (χ3v) is 3.59. The molecule has 0 unspecified atom stereocenters. The summed E-state index contributed by atoms with van der Waals surface area (Å²) >= 11 is 0. The van der Waals surface area contributed by atoms with Crippen molar-refractivity contribution in [1.82, 2.24) is 14.7 Å². The number of rotatable bonds is 5. The van der Waals surface area contributed by atoms with Gasteiger partial charge in [-0.2, -0.15) is 5.10 Å². The first-order chi connectivity index (χ1) is 10.1. The van der Waals surface area contributed by atoms with Crippen molar-refractivity contribution >= 4 is 5.91 Å². The summed E-state index contributed by atoms with van der Waals surface area (Å²) in [6.07, 6.45) is 0. The topological polar surface area (TPSA) is 64.2 Å². The molecule has 1 aromatic carbocycles. The number of benzene rings is 1. The second kappa shape index (κ2) is 6.54. The highest BCUT2D eigenvalue weighted by molar-refractivity contribution is 5.92. The molecule has 1 heterocycles. The number of hydrogen-bond acceptors (Lipinski definition) is 3. The number of nitrogens with zero attached hydrogens (tertiary/aromatic N) is 3. The van der Waals surface area contributed by atoms with Gasteiger partial charge in [-0.3, -0.25) is 9.48 Å². The maximum absolute atomic E-state index is 12.6. The highest BCUT2D eigenvalue weighted by Gasteiger charge is 2.19. The van der Waals surface area contributed by atoms with Crippen LogP contribution in [0.3, 0.4) is 0 Å². The fourth-order valence-electron chi connectivity index (χ4n) is 2.42. The Balaban J connectivity index is 2.24. The number of amides is 1. The molecule has 2 N–H and O–H groups in total. The van der Waals surface area contributed by atoms with Crippen LogP contribution in [0.15, 0.2) is 30.3 Å². The quantitative estimate of drug-likeness (QED) is 0.912.